The molecule has 0 radical (unpaired) electrons. The fourth-order valence-electron chi connectivity index (χ4n) is 2.30. The third-order valence-electron chi connectivity index (χ3n) is 3.48. The van der Waals surface area contributed by atoms with Crippen molar-refractivity contribution in [2.75, 3.05) is 25.0 Å². The Morgan fingerprint density at radius 3 is 2.87 bits per heavy atom. The molecule has 1 aromatic rings. The predicted molar refractivity (Wildman–Crippen MR) is 86.3 cm³/mol. The van der Waals surface area contributed by atoms with Gasteiger partial charge in [0.1, 0.15) is 4.90 Å². The number of nitrogens with one attached hydrogen (secondary N) is 2. The summed E-state index contributed by atoms with van der Waals surface area (Å²) >= 11 is 0. The van der Waals surface area contributed by atoms with E-state index in [0.29, 0.717) is 18.8 Å². The van der Waals surface area contributed by atoms with Crippen molar-refractivity contribution in [3.05, 3.63) is 36.4 Å². The lowest BCUT2D eigenvalue weighted by Gasteiger charge is -2.16. The zero-order valence-corrected chi connectivity index (χ0v) is 13.4. The minimum absolute atomic E-state index is 0.0332. The summed E-state index contributed by atoms with van der Waals surface area (Å²) in [7, 11) is -3.84. The lowest BCUT2D eigenvalue weighted by atomic mass is 10.2. The van der Waals surface area contributed by atoms with Crippen molar-refractivity contribution >= 4 is 21.7 Å². The monoisotopic (exact) mass is 340 g/mol. The second kappa shape index (κ2) is 7.58. The van der Waals surface area contributed by atoms with Gasteiger partial charge in [-0.3, -0.25) is 0 Å². The van der Waals surface area contributed by atoms with E-state index in [1.807, 2.05) is 0 Å². The summed E-state index contributed by atoms with van der Waals surface area (Å²) in [5.41, 5.74) is 0.258. The molecule has 2 rings (SSSR count). The van der Waals surface area contributed by atoms with E-state index in [0.717, 1.165) is 18.9 Å². The van der Waals surface area contributed by atoms with E-state index in [9.17, 15) is 13.2 Å². The summed E-state index contributed by atoms with van der Waals surface area (Å²) in [4.78, 5) is 11.0. The quantitative estimate of drug-likeness (QED) is 0.619. The number of benzene rings is 1. The van der Waals surface area contributed by atoms with Crippen molar-refractivity contribution in [3.8, 4) is 0 Å². The van der Waals surface area contributed by atoms with Gasteiger partial charge in [0, 0.05) is 19.7 Å². The van der Waals surface area contributed by atoms with Crippen LogP contribution in [-0.2, 0) is 14.8 Å². The molecule has 1 aliphatic rings. The number of sulfonamides is 1. The Bertz CT molecular complexity index is 681. The third kappa shape index (κ3) is 4.54. The smallest absolute Gasteiger partial charge is 0.335 e. The van der Waals surface area contributed by atoms with Crippen LogP contribution < -0.4 is 10.0 Å². The van der Waals surface area contributed by atoms with Crippen LogP contribution in [0.25, 0.3) is 0 Å². The Kier molecular flexibility index (Phi) is 5.75. The summed E-state index contributed by atoms with van der Waals surface area (Å²) < 4.78 is 32.6. The van der Waals surface area contributed by atoms with Crippen molar-refractivity contribution in [2.45, 2.75) is 23.8 Å². The summed E-state index contributed by atoms with van der Waals surface area (Å²) in [5, 5.41) is 12.1. The van der Waals surface area contributed by atoms with E-state index in [4.69, 9.17) is 9.84 Å². The molecule has 1 aromatic carbocycles. The highest BCUT2D eigenvalue weighted by molar-refractivity contribution is 7.89. The maximum atomic E-state index is 12.4. The lowest BCUT2D eigenvalue weighted by molar-refractivity contribution is 0.0696. The largest absolute Gasteiger partial charge is 0.478 e. The van der Waals surface area contributed by atoms with Crippen molar-refractivity contribution in [3.63, 3.8) is 0 Å². The molecule has 3 N–H and O–H groups in total. The summed E-state index contributed by atoms with van der Waals surface area (Å²) in [6.07, 6.45) is 3.34. The molecule has 0 aliphatic carbocycles. The summed E-state index contributed by atoms with van der Waals surface area (Å²) in [5.74, 6) is -1.18. The summed E-state index contributed by atoms with van der Waals surface area (Å²) in [6.45, 7) is 4.69. The average Bonchev–Trinajstić information content (AvgIpc) is 3.04. The Morgan fingerprint density at radius 1 is 1.48 bits per heavy atom. The van der Waals surface area contributed by atoms with Crippen LogP contribution >= 0.6 is 0 Å². The van der Waals surface area contributed by atoms with Gasteiger partial charge in [-0.05, 0) is 31.0 Å². The van der Waals surface area contributed by atoms with Crippen molar-refractivity contribution in [1.82, 2.24) is 4.72 Å². The number of carboxylic acids is 1. The Morgan fingerprint density at radius 2 is 2.26 bits per heavy atom. The molecule has 23 heavy (non-hydrogen) atoms. The van der Waals surface area contributed by atoms with Gasteiger partial charge in [0.15, 0.2) is 0 Å². The van der Waals surface area contributed by atoms with E-state index in [1.54, 1.807) is 0 Å². The van der Waals surface area contributed by atoms with Crippen LogP contribution in [0.2, 0.25) is 0 Å². The fraction of sp³-hybridized carbons (Fsp3) is 0.400. The normalized spacial score (nSPS) is 17.8. The molecule has 1 atom stereocenters. The number of aromatic carboxylic acids is 1. The molecule has 0 aromatic heterocycles. The van der Waals surface area contributed by atoms with Gasteiger partial charge >= 0.3 is 5.97 Å². The molecule has 126 valence electrons. The molecule has 0 amide bonds. The predicted octanol–water partition coefficient (Wildman–Crippen LogP) is 1.44. The maximum Gasteiger partial charge on any atom is 0.335 e. The van der Waals surface area contributed by atoms with Crippen LogP contribution in [0.15, 0.2) is 35.7 Å². The van der Waals surface area contributed by atoms with Gasteiger partial charge in [0.2, 0.25) is 10.0 Å². The number of carbonyl (C=O) groups is 1. The van der Waals surface area contributed by atoms with Gasteiger partial charge in [0.25, 0.3) is 0 Å². The highest BCUT2D eigenvalue weighted by Gasteiger charge is 2.22. The van der Waals surface area contributed by atoms with Crippen LogP contribution in [0.3, 0.4) is 0 Å². The van der Waals surface area contributed by atoms with Crippen LogP contribution in [0.5, 0.6) is 0 Å². The standard InChI is InChI=1S/C15H20N2O5S/c1-2-7-17-23(20,21)14-9-11(15(18)19)5-6-13(14)16-10-12-4-3-8-22-12/h2,5-6,9,12,16-17H,1,3-4,7-8,10H2,(H,18,19). The first-order chi connectivity index (χ1) is 10.9. The van der Waals surface area contributed by atoms with E-state index < -0.39 is 16.0 Å². The lowest BCUT2D eigenvalue weighted by Crippen LogP contribution is -2.26. The first-order valence-corrected chi connectivity index (χ1v) is 8.75. The molecule has 0 bridgehead atoms. The van der Waals surface area contributed by atoms with Gasteiger partial charge in [-0.1, -0.05) is 6.08 Å². The molecule has 1 saturated heterocycles. The highest BCUT2D eigenvalue weighted by Crippen LogP contribution is 2.24. The number of ether oxygens (including phenoxy) is 1. The first-order valence-electron chi connectivity index (χ1n) is 7.27. The molecule has 0 saturated carbocycles. The van der Waals surface area contributed by atoms with Crippen LogP contribution in [-0.4, -0.2) is 45.3 Å². The Balaban J connectivity index is 2.28. The average molecular weight is 340 g/mol. The molecule has 8 heteroatoms. The molecule has 1 unspecified atom stereocenters. The zero-order chi connectivity index (χ0) is 16.9. The number of carboxylic acid groups (broad SMARTS) is 1. The number of anilines is 1. The van der Waals surface area contributed by atoms with Gasteiger partial charge in [-0.15, -0.1) is 6.58 Å². The second-order valence-corrected chi connectivity index (χ2v) is 6.91. The van der Waals surface area contributed by atoms with Crippen LogP contribution in [0.4, 0.5) is 5.69 Å². The maximum absolute atomic E-state index is 12.4. The number of hydrogen-bond acceptors (Lipinski definition) is 5. The van der Waals surface area contributed by atoms with Crippen molar-refractivity contribution < 1.29 is 23.1 Å². The highest BCUT2D eigenvalue weighted by atomic mass is 32.2. The minimum Gasteiger partial charge on any atom is -0.478 e. The second-order valence-electron chi connectivity index (χ2n) is 5.17. The molecule has 7 nitrogen and oxygen atoms in total. The van der Waals surface area contributed by atoms with E-state index >= 15 is 0 Å². The van der Waals surface area contributed by atoms with Gasteiger partial charge in [-0.2, -0.15) is 0 Å². The minimum atomic E-state index is -3.84. The Labute approximate surface area is 135 Å². The third-order valence-corrected chi connectivity index (χ3v) is 4.94. The Hall–Kier alpha value is -1.90. The van der Waals surface area contributed by atoms with E-state index in [-0.39, 0.29) is 23.1 Å². The topological polar surface area (TPSA) is 105 Å². The molecule has 1 fully saturated rings. The molecular weight excluding hydrogens is 320 g/mol. The van der Waals surface area contributed by atoms with E-state index in [2.05, 4.69) is 16.6 Å². The van der Waals surface area contributed by atoms with Gasteiger partial charge < -0.3 is 15.2 Å². The van der Waals surface area contributed by atoms with Crippen molar-refractivity contribution in [2.24, 2.45) is 0 Å². The number of rotatable bonds is 8. The molecule has 1 heterocycles. The molecule has 1 aliphatic heterocycles. The van der Waals surface area contributed by atoms with Gasteiger partial charge in [-0.25, -0.2) is 17.9 Å². The summed E-state index contributed by atoms with van der Waals surface area (Å²) in [6, 6.07) is 3.97. The number of hydrogen-bond donors (Lipinski definition) is 3. The van der Waals surface area contributed by atoms with Gasteiger partial charge in [0.05, 0.1) is 17.4 Å². The van der Waals surface area contributed by atoms with E-state index in [1.165, 1.54) is 18.2 Å². The zero-order valence-electron chi connectivity index (χ0n) is 12.6. The molecule has 0 spiro atoms. The van der Waals surface area contributed by atoms with Crippen molar-refractivity contribution in [1.29, 1.82) is 0 Å². The molecular formula is C15H20N2O5S. The first kappa shape index (κ1) is 17.5. The van der Waals surface area contributed by atoms with Crippen LogP contribution in [0.1, 0.15) is 23.2 Å². The SMILES string of the molecule is C=CCNS(=O)(=O)c1cc(C(=O)O)ccc1NCC1CCCO1. The fourth-order valence-corrected chi connectivity index (χ4v) is 3.50. The van der Waals surface area contributed by atoms with Crippen LogP contribution in [0, 0.1) is 0 Å².